The lowest BCUT2D eigenvalue weighted by Crippen LogP contribution is -2.47. The average molecular weight is 341 g/mol. The van der Waals surface area contributed by atoms with Gasteiger partial charge in [0.05, 0.1) is 17.6 Å². The lowest BCUT2D eigenvalue weighted by Gasteiger charge is -2.43. The molecule has 2 N–H and O–H groups in total. The van der Waals surface area contributed by atoms with Crippen molar-refractivity contribution in [1.29, 1.82) is 0 Å². The molecule has 2 saturated carbocycles. The van der Waals surface area contributed by atoms with Crippen LogP contribution in [0.3, 0.4) is 0 Å². The first-order valence-corrected chi connectivity index (χ1v) is 8.45. The van der Waals surface area contributed by atoms with E-state index in [-0.39, 0.29) is 11.8 Å². The number of amides is 1. The number of rotatable bonds is 4. The number of benzene rings is 1. The van der Waals surface area contributed by atoms with Crippen LogP contribution in [0, 0.1) is 5.92 Å². The number of hydrogen-bond acceptors (Lipinski definition) is 2. The van der Waals surface area contributed by atoms with Crippen molar-refractivity contribution in [2.45, 2.75) is 56.2 Å². The lowest BCUT2D eigenvalue weighted by atomic mass is 9.64. The Hall–Kier alpha value is -1.56. The quantitative estimate of drug-likeness (QED) is 0.882. The van der Waals surface area contributed by atoms with Gasteiger partial charge in [-0.1, -0.05) is 24.6 Å². The van der Waals surface area contributed by atoms with Crippen molar-refractivity contribution in [2.24, 2.45) is 5.92 Å². The summed E-state index contributed by atoms with van der Waals surface area (Å²) in [5, 5.41) is 12.7. The van der Waals surface area contributed by atoms with Crippen molar-refractivity contribution in [3.63, 3.8) is 0 Å². The molecule has 0 saturated heterocycles. The summed E-state index contributed by atoms with van der Waals surface area (Å²) < 4.78 is 38.8. The maximum Gasteiger partial charge on any atom is 0.416 e. The van der Waals surface area contributed by atoms with Crippen molar-refractivity contribution in [2.75, 3.05) is 6.54 Å². The maximum atomic E-state index is 12.9. The fourth-order valence-electron chi connectivity index (χ4n) is 3.83. The Morgan fingerprint density at radius 2 is 2.00 bits per heavy atom. The van der Waals surface area contributed by atoms with E-state index in [2.05, 4.69) is 5.32 Å². The molecule has 1 aromatic carbocycles. The molecule has 2 unspecified atom stereocenters. The number of nitrogens with one attached hydrogen (secondary N) is 1. The van der Waals surface area contributed by atoms with Crippen LogP contribution in [0.1, 0.15) is 49.7 Å². The molecule has 2 fully saturated rings. The highest BCUT2D eigenvalue weighted by atomic mass is 19.4. The summed E-state index contributed by atoms with van der Waals surface area (Å²) in [6.07, 6.45) is -0.353. The molecule has 2 aliphatic rings. The highest BCUT2D eigenvalue weighted by molar-refractivity contribution is 5.79. The van der Waals surface area contributed by atoms with Crippen molar-refractivity contribution in [1.82, 2.24) is 5.32 Å². The minimum absolute atomic E-state index is 0.182. The van der Waals surface area contributed by atoms with Crippen LogP contribution in [0.4, 0.5) is 13.2 Å². The van der Waals surface area contributed by atoms with Gasteiger partial charge in [0.2, 0.25) is 5.91 Å². The zero-order chi connectivity index (χ0) is 17.4. The molecule has 0 radical (unpaired) electrons. The van der Waals surface area contributed by atoms with Gasteiger partial charge in [-0.2, -0.15) is 13.2 Å². The van der Waals surface area contributed by atoms with E-state index in [0.717, 1.165) is 31.7 Å². The molecular weight excluding hydrogens is 319 g/mol. The van der Waals surface area contributed by atoms with E-state index in [1.54, 1.807) is 6.07 Å². The number of alkyl halides is 3. The topological polar surface area (TPSA) is 49.3 Å². The van der Waals surface area contributed by atoms with Gasteiger partial charge in [-0.3, -0.25) is 4.79 Å². The molecule has 3 nitrogen and oxygen atoms in total. The Kier molecular flexibility index (Phi) is 4.60. The summed E-state index contributed by atoms with van der Waals surface area (Å²) in [6, 6.07) is 5.42. The molecule has 2 aliphatic carbocycles. The third kappa shape index (κ3) is 3.29. The predicted molar refractivity (Wildman–Crippen MR) is 83.3 cm³/mol. The summed E-state index contributed by atoms with van der Waals surface area (Å²) in [6.45, 7) is 0.330. The molecule has 132 valence electrons. The van der Waals surface area contributed by atoms with E-state index in [1.165, 1.54) is 12.1 Å². The molecule has 0 heterocycles. The van der Waals surface area contributed by atoms with Gasteiger partial charge >= 0.3 is 6.18 Å². The molecule has 0 aliphatic heterocycles. The third-order valence-corrected chi connectivity index (χ3v) is 5.53. The summed E-state index contributed by atoms with van der Waals surface area (Å²) in [7, 11) is 0. The fourth-order valence-corrected chi connectivity index (χ4v) is 3.83. The average Bonchev–Trinajstić information content (AvgIpc) is 2.91. The highest BCUT2D eigenvalue weighted by Gasteiger charge is 2.41. The smallest absolute Gasteiger partial charge is 0.392 e. The fraction of sp³-hybridized carbons (Fsp3) is 0.611. The van der Waals surface area contributed by atoms with E-state index in [0.29, 0.717) is 24.9 Å². The Bertz CT molecular complexity index is 611. The summed E-state index contributed by atoms with van der Waals surface area (Å²) in [5.74, 6) is -0.568. The second-order valence-corrected chi connectivity index (χ2v) is 7.03. The second-order valence-electron chi connectivity index (χ2n) is 7.03. The summed E-state index contributed by atoms with van der Waals surface area (Å²) in [5.41, 5.74) is -0.430. The Morgan fingerprint density at radius 1 is 1.25 bits per heavy atom. The number of aliphatic hydroxyl groups is 1. The minimum atomic E-state index is -4.36. The van der Waals surface area contributed by atoms with E-state index in [9.17, 15) is 23.1 Å². The van der Waals surface area contributed by atoms with Gasteiger partial charge in [0.25, 0.3) is 0 Å². The van der Waals surface area contributed by atoms with E-state index in [1.807, 2.05) is 0 Å². The van der Waals surface area contributed by atoms with Gasteiger partial charge in [-0.05, 0) is 43.7 Å². The second kappa shape index (κ2) is 6.39. The number of halogens is 3. The predicted octanol–water partition coefficient (Wildman–Crippen LogP) is 3.40. The first-order chi connectivity index (χ1) is 11.3. The van der Waals surface area contributed by atoms with Gasteiger partial charge in [0.1, 0.15) is 0 Å². The van der Waals surface area contributed by atoms with Crippen LogP contribution in [0.15, 0.2) is 24.3 Å². The first-order valence-electron chi connectivity index (χ1n) is 8.45. The van der Waals surface area contributed by atoms with Crippen molar-refractivity contribution in [3.8, 4) is 0 Å². The van der Waals surface area contributed by atoms with Crippen molar-refractivity contribution < 1.29 is 23.1 Å². The van der Waals surface area contributed by atoms with Crippen LogP contribution in [-0.2, 0) is 16.4 Å². The van der Waals surface area contributed by atoms with Crippen molar-refractivity contribution >= 4 is 5.91 Å². The van der Waals surface area contributed by atoms with Crippen LogP contribution in [0.25, 0.3) is 0 Å². The van der Waals surface area contributed by atoms with Crippen LogP contribution in [-0.4, -0.2) is 23.7 Å². The van der Waals surface area contributed by atoms with Gasteiger partial charge in [0.15, 0.2) is 0 Å². The number of carbonyl (C=O) groups is 1. The summed E-state index contributed by atoms with van der Waals surface area (Å²) >= 11 is 0. The number of hydrogen-bond donors (Lipinski definition) is 2. The van der Waals surface area contributed by atoms with Crippen LogP contribution >= 0.6 is 0 Å². The van der Waals surface area contributed by atoms with Gasteiger partial charge in [-0.15, -0.1) is 0 Å². The zero-order valence-electron chi connectivity index (χ0n) is 13.4. The minimum Gasteiger partial charge on any atom is -0.392 e. The maximum absolute atomic E-state index is 12.9. The monoisotopic (exact) mass is 341 g/mol. The van der Waals surface area contributed by atoms with Gasteiger partial charge < -0.3 is 10.4 Å². The molecule has 0 aromatic heterocycles. The Morgan fingerprint density at radius 3 is 2.54 bits per heavy atom. The summed E-state index contributed by atoms with van der Waals surface area (Å²) in [4.78, 5) is 12.2. The molecule has 1 aromatic rings. The van der Waals surface area contributed by atoms with E-state index >= 15 is 0 Å². The molecule has 6 heteroatoms. The standard InChI is InChI=1S/C18H22F3NO2/c19-18(20,21)13-5-1-4-12(10-13)17(8-3-9-17)11-22-16(24)14-6-2-7-15(14)23/h1,4-5,10,14-15,23H,2-3,6-9,11H2,(H,22,24). The number of aliphatic hydroxyl groups excluding tert-OH is 1. The van der Waals surface area contributed by atoms with Gasteiger partial charge in [0, 0.05) is 12.0 Å². The van der Waals surface area contributed by atoms with Crippen molar-refractivity contribution in [3.05, 3.63) is 35.4 Å². The third-order valence-electron chi connectivity index (χ3n) is 5.53. The molecule has 2 atom stereocenters. The SMILES string of the molecule is O=C(NCC1(c2cccc(C(F)(F)F)c2)CCC1)C1CCCC1O. The van der Waals surface area contributed by atoms with Crippen LogP contribution in [0.5, 0.6) is 0 Å². The molecule has 24 heavy (non-hydrogen) atoms. The Labute approximate surface area is 139 Å². The molecular formula is C18H22F3NO2. The van der Waals surface area contributed by atoms with Gasteiger partial charge in [-0.25, -0.2) is 0 Å². The van der Waals surface area contributed by atoms with E-state index in [4.69, 9.17) is 0 Å². The molecule has 1 amide bonds. The molecule has 0 spiro atoms. The lowest BCUT2D eigenvalue weighted by molar-refractivity contribution is -0.137. The number of carbonyl (C=O) groups excluding carboxylic acids is 1. The highest BCUT2D eigenvalue weighted by Crippen LogP contribution is 2.44. The van der Waals surface area contributed by atoms with E-state index < -0.39 is 23.3 Å². The largest absolute Gasteiger partial charge is 0.416 e. The Balaban J connectivity index is 1.72. The molecule has 3 rings (SSSR count). The normalized spacial score (nSPS) is 26.0. The van der Waals surface area contributed by atoms with Crippen LogP contribution in [0.2, 0.25) is 0 Å². The molecule has 0 bridgehead atoms. The zero-order valence-corrected chi connectivity index (χ0v) is 13.4. The van der Waals surface area contributed by atoms with Crippen LogP contribution < -0.4 is 5.32 Å². The first kappa shape index (κ1) is 17.3.